The average Bonchev–Trinajstić information content (AvgIpc) is 2.11. The van der Waals surface area contributed by atoms with E-state index in [9.17, 15) is 8.42 Å². The summed E-state index contributed by atoms with van der Waals surface area (Å²) in [7, 11) is -3.52. The molecule has 0 unspecified atom stereocenters. The second-order valence-electron chi connectivity index (χ2n) is 2.01. The van der Waals surface area contributed by atoms with Crippen molar-refractivity contribution in [1.82, 2.24) is 0 Å². The number of primary sulfonamides is 1. The van der Waals surface area contributed by atoms with Gasteiger partial charge < -0.3 is 0 Å². The lowest BCUT2D eigenvalue weighted by atomic mass is 10.5. The van der Waals surface area contributed by atoms with Crippen LogP contribution in [0.1, 0.15) is 4.88 Å². The lowest BCUT2D eigenvalue weighted by Crippen LogP contribution is -2.09. The van der Waals surface area contributed by atoms with E-state index >= 15 is 0 Å². The van der Waals surface area contributed by atoms with Crippen LogP contribution in [0.5, 0.6) is 0 Å². The van der Waals surface area contributed by atoms with Gasteiger partial charge in [0.1, 0.15) is 4.21 Å². The van der Waals surface area contributed by atoms with E-state index in [-0.39, 0.29) is 4.21 Å². The molecule has 0 aromatic carbocycles. The smallest absolute Gasteiger partial charge is 0.224 e. The van der Waals surface area contributed by atoms with E-state index in [1.165, 1.54) is 6.07 Å². The van der Waals surface area contributed by atoms with Crippen molar-refractivity contribution < 1.29 is 8.42 Å². The van der Waals surface area contributed by atoms with Gasteiger partial charge in [0.15, 0.2) is 0 Å². The Hall–Kier alpha value is 0.0900. The molecule has 2 N–H and O–H groups in total. The fraction of sp³-hybridized carbons (Fsp3) is 0.200. The van der Waals surface area contributed by atoms with Crippen molar-refractivity contribution in [2.75, 3.05) is 0 Å². The zero-order valence-corrected chi connectivity index (χ0v) is 8.88. The highest BCUT2D eigenvalue weighted by Crippen LogP contribution is 2.28. The maximum Gasteiger partial charge on any atom is 0.247 e. The van der Waals surface area contributed by atoms with Crippen LogP contribution < -0.4 is 5.14 Å². The maximum atomic E-state index is 10.8. The van der Waals surface area contributed by atoms with Gasteiger partial charge >= 0.3 is 0 Å². The van der Waals surface area contributed by atoms with Crippen LogP contribution >= 0.6 is 27.3 Å². The molecule has 0 amide bonds. The molecular formula is C5H6BrNO2S2. The molecule has 1 aromatic heterocycles. The summed E-state index contributed by atoms with van der Waals surface area (Å²) in [5.41, 5.74) is 0. The second-order valence-corrected chi connectivity index (χ2v) is 5.91. The van der Waals surface area contributed by atoms with E-state index in [2.05, 4.69) is 15.9 Å². The first-order valence-corrected chi connectivity index (χ1v) is 5.85. The van der Waals surface area contributed by atoms with Gasteiger partial charge in [-0.3, -0.25) is 0 Å². The highest BCUT2D eigenvalue weighted by molar-refractivity contribution is 9.10. The maximum absolute atomic E-state index is 10.8. The van der Waals surface area contributed by atoms with Crippen LogP contribution in [0.2, 0.25) is 0 Å². The Morgan fingerprint density at radius 2 is 2.18 bits per heavy atom. The summed E-state index contributed by atoms with van der Waals surface area (Å²) in [5.74, 6) is 0. The monoisotopic (exact) mass is 255 g/mol. The van der Waals surface area contributed by atoms with Crippen molar-refractivity contribution in [3.05, 3.63) is 15.4 Å². The number of thiophene rings is 1. The van der Waals surface area contributed by atoms with Gasteiger partial charge in [-0.1, -0.05) is 0 Å². The van der Waals surface area contributed by atoms with Crippen molar-refractivity contribution in [3.8, 4) is 0 Å². The zero-order valence-electron chi connectivity index (χ0n) is 5.67. The minimum Gasteiger partial charge on any atom is -0.224 e. The summed E-state index contributed by atoms with van der Waals surface area (Å²) in [6.07, 6.45) is 0. The van der Waals surface area contributed by atoms with Gasteiger partial charge in [-0.25, -0.2) is 13.6 Å². The van der Waals surface area contributed by atoms with Gasteiger partial charge in [-0.15, -0.1) is 11.3 Å². The third-order valence-electron chi connectivity index (χ3n) is 1.12. The number of rotatable bonds is 1. The molecule has 1 rings (SSSR count). The number of nitrogens with two attached hydrogens (primary N) is 1. The lowest BCUT2D eigenvalue weighted by molar-refractivity contribution is 0.600. The average molecular weight is 256 g/mol. The molecule has 0 aliphatic carbocycles. The molecule has 0 radical (unpaired) electrons. The number of aryl methyl sites for hydroxylation is 1. The molecule has 62 valence electrons. The van der Waals surface area contributed by atoms with Gasteiger partial charge in [-0.2, -0.15) is 0 Å². The van der Waals surface area contributed by atoms with Crippen LogP contribution in [0, 0.1) is 6.92 Å². The van der Waals surface area contributed by atoms with Crippen LogP contribution in [-0.4, -0.2) is 8.42 Å². The summed E-state index contributed by atoms with van der Waals surface area (Å²) < 4.78 is 22.5. The Morgan fingerprint density at radius 3 is 2.36 bits per heavy atom. The molecule has 6 heteroatoms. The molecule has 1 heterocycles. The normalized spacial score (nSPS) is 11.9. The minimum atomic E-state index is -3.52. The first kappa shape index (κ1) is 9.18. The standard InChI is InChI=1S/C5H6BrNO2S2/c1-3-4(6)2-5(10-3)11(7,8)9/h2H,1H3,(H2,7,8,9). The number of hydrogen-bond acceptors (Lipinski definition) is 3. The SMILES string of the molecule is Cc1sc(S(N)(=O)=O)cc1Br. The molecule has 0 fully saturated rings. The van der Waals surface area contributed by atoms with Crippen molar-refractivity contribution in [2.45, 2.75) is 11.1 Å². The van der Waals surface area contributed by atoms with E-state index in [1.807, 2.05) is 6.92 Å². The van der Waals surface area contributed by atoms with Crippen LogP contribution in [0.25, 0.3) is 0 Å². The molecule has 0 saturated carbocycles. The Morgan fingerprint density at radius 1 is 1.64 bits per heavy atom. The topological polar surface area (TPSA) is 60.2 Å². The van der Waals surface area contributed by atoms with Crippen LogP contribution in [0.4, 0.5) is 0 Å². The Kier molecular flexibility index (Phi) is 2.38. The Labute approximate surface area is 77.4 Å². The molecular weight excluding hydrogens is 250 g/mol. The largest absolute Gasteiger partial charge is 0.247 e. The van der Waals surface area contributed by atoms with Crippen LogP contribution in [0.15, 0.2) is 14.7 Å². The molecule has 11 heavy (non-hydrogen) atoms. The van der Waals surface area contributed by atoms with E-state index in [0.717, 1.165) is 20.7 Å². The molecule has 0 bridgehead atoms. The first-order valence-electron chi connectivity index (χ1n) is 2.70. The third kappa shape index (κ3) is 2.02. The molecule has 1 aromatic rings. The Bertz CT molecular complexity index is 348. The van der Waals surface area contributed by atoms with Gasteiger partial charge in [0.25, 0.3) is 0 Å². The molecule has 0 atom stereocenters. The fourth-order valence-corrected chi connectivity index (χ4v) is 3.11. The van der Waals surface area contributed by atoms with Crippen molar-refractivity contribution in [2.24, 2.45) is 5.14 Å². The molecule has 0 aliphatic heterocycles. The number of halogens is 1. The highest BCUT2D eigenvalue weighted by Gasteiger charge is 2.12. The highest BCUT2D eigenvalue weighted by atomic mass is 79.9. The molecule has 3 nitrogen and oxygen atoms in total. The molecule has 0 saturated heterocycles. The van der Waals surface area contributed by atoms with E-state index in [4.69, 9.17) is 5.14 Å². The van der Waals surface area contributed by atoms with Crippen LogP contribution in [-0.2, 0) is 10.0 Å². The van der Waals surface area contributed by atoms with Crippen molar-refractivity contribution in [1.29, 1.82) is 0 Å². The molecule has 0 spiro atoms. The van der Waals surface area contributed by atoms with Gasteiger partial charge in [0, 0.05) is 9.35 Å². The van der Waals surface area contributed by atoms with Gasteiger partial charge in [0.05, 0.1) is 0 Å². The van der Waals surface area contributed by atoms with E-state index in [0.29, 0.717) is 0 Å². The number of sulfonamides is 1. The second kappa shape index (κ2) is 2.85. The fourth-order valence-electron chi connectivity index (χ4n) is 0.574. The minimum absolute atomic E-state index is 0.196. The van der Waals surface area contributed by atoms with E-state index in [1.54, 1.807) is 0 Å². The third-order valence-corrected chi connectivity index (χ3v) is 4.67. The summed E-state index contributed by atoms with van der Waals surface area (Å²) in [4.78, 5) is 0.911. The quantitative estimate of drug-likeness (QED) is 0.827. The summed E-state index contributed by atoms with van der Waals surface area (Å²) in [5, 5.41) is 4.90. The Balaban J connectivity index is 3.29. The van der Waals surface area contributed by atoms with Crippen LogP contribution in [0.3, 0.4) is 0 Å². The van der Waals surface area contributed by atoms with E-state index < -0.39 is 10.0 Å². The van der Waals surface area contributed by atoms with Crippen molar-refractivity contribution in [3.63, 3.8) is 0 Å². The molecule has 0 aliphatic rings. The summed E-state index contributed by atoms with van der Waals surface area (Å²) in [6, 6.07) is 1.51. The van der Waals surface area contributed by atoms with Gasteiger partial charge in [-0.05, 0) is 28.9 Å². The predicted octanol–water partition coefficient (Wildman–Crippen LogP) is 1.47. The predicted molar refractivity (Wildman–Crippen MR) is 48.1 cm³/mol. The summed E-state index contributed by atoms with van der Waals surface area (Å²) >= 11 is 4.36. The van der Waals surface area contributed by atoms with Crippen molar-refractivity contribution >= 4 is 37.3 Å². The number of hydrogen-bond donors (Lipinski definition) is 1. The lowest BCUT2D eigenvalue weighted by Gasteiger charge is -1.87. The first-order chi connectivity index (χ1) is 4.91. The zero-order chi connectivity index (χ0) is 8.65. The van der Waals surface area contributed by atoms with Gasteiger partial charge in [0.2, 0.25) is 10.0 Å². The summed E-state index contributed by atoms with van der Waals surface area (Å²) in [6.45, 7) is 1.82.